The smallest absolute Gasteiger partial charge is 0.335 e. The molecule has 3 aromatic rings. The van der Waals surface area contributed by atoms with Crippen LogP contribution in [-0.4, -0.2) is 148 Å². The van der Waals surface area contributed by atoms with Gasteiger partial charge in [0.25, 0.3) is 11.8 Å². The molecule has 52 heavy (non-hydrogen) atoms. The SMILES string of the molecule is COCCOCCOCCOCCN(CCOCCOCCOCCOC)C(=O)c1cc(C(=O)O)cc(C(=O)Nc2ccc3ccc(N)cc3c2)c1. The van der Waals surface area contributed by atoms with Gasteiger partial charge < -0.3 is 59.0 Å². The maximum Gasteiger partial charge on any atom is 0.335 e. The first-order valence-corrected chi connectivity index (χ1v) is 17.0. The van der Waals surface area contributed by atoms with E-state index in [0.29, 0.717) is 90.7 Å². The molecule has 0 spiro atoms. The van der Waals surface area contributed by atoms with Gasteiger partial charge in [-0.2, -0.15) is 0 Å². The molecule has 0 unspecified atom stereocenters. The molecule has 0 aliphatic rings. The van der Waals surface area contributed by atoms with Crippen LogP contribution in [0.15, 0.2) is 54.6 Å². The van der Waals surface area contributed by atoms with Crippen molar-refractivity contribution >= 4 is 39.9 Å². The van der Waals surface area contributed by atoms with E-state index in [0.717, 1.165) is 10.8 Å². The Balaban J connectivity index is 1.61. The number of nitrogens with zero attached hydrogens (tertiary/aromatic N) is 1. The van der Waals surface area contributed by atoms with E-state index in [1.165, 1.54) is 23.1 Å². The van der Waals surface area contributed by atoms with Gasteiger partial charge in [0.2, 0.25) is 0 Å². The number of methoxy groups -OCH3 is 2. The second kappa shape index (κ2) is 24.9. The first-order valence-electron chi connectivity index (χ1n) is 17.0. The lowest BCUT2D eigenvalue weighted by Gasteiger charge is -2.23. The first kappa shape index (κ1) is 42.2. The van der Waals surface area contributed by atoms with E-state index in [9.17, 15) is 19.5 Å². The van der Waals surface area contributed by atoms with Crippen molar-refractivity contribution in [3.05, 3.63) is 71.3 Å². The number of carboxylic acid groups (broad SMARTS) is 1. The summed E-state index contributed by atoms with van der Waals surface area (Å²) >= 11 is 0. The predicted octanol–water partition coefficient (Wildman–Crippen LogP) is 3.21. The number of benzene rings is 3. The van der Waals surface area contributed by atoms with Crippen molar-refractivity contribution in [3.8, 4) is 0 Å². The summed E-state index contributed by atoms with van der Waals surface area (Å²) in [6.45, 7) is 5.68. The van der Waals surface area contributed by atoms with Crippen LogP contribution in [-0.2, 0) is 37.9 Å². The number of aromatic carboxylic acids is 1. The molecule has 0 saturated heterocycles. The molecule has 0 bridgehead atoms. The number of anilines is 2. The number of rotatable bonds is 28. The lowest BCUT2D eigenvalue weighted by Crippen LogP contribution is -2.37. The molecule has 15 heteroatoms. The number of carbonyl (C=O) groups is 3. The fraction of sp³-hybridized carbons (Fsp3) is 0.486. The summed E-state index contributed by atoms with van der Waals surface area (Å²) < 4.78 is 43.0. The molecule has 0 atom stereocenters. The zero-order chi connectivity index (χ0) is 37.4. The van der Waals surface area contributed by atoms with E-state index in [1.54, 1.807) is 38.5 Å². The number of amides is 2. The van der Waals surface area contributed by atoms with Gasteiger partial charge in [-0.25, -0.2) is 4.79 Å². The number of nitrogens with one attached hydrogen (secondary N) is 1. The average molecular weight is 730 g/mol. The van der Waals surface area contributed by atoms with Crippen LogP contribution < -0.4 is 11.1 Å². The highest BCUT2D eigenvalue weighted by Crippen LogP contribution is 2.23. The highest BCUT2D eigenvalue weighted by atomic mass is 16.6. The summed E-state index contributed by atoms with van der Waals surface area (Å²) in [6.07, 6.45) is 0. The topological polar surface area (TPSA) is 187 Å². The highest BCUT2D eigenvalue weighted by molar-refractivity contribution is 6.08. The quantitative estimate of drug-likeness (QED) is 0.0732. The maximum absolute atomic E-state index is 13.8. The largest absolute Gasteiger partial charge is 0.478 e. The second-order valence-corrected chi connectivity index (χ2v) is 11.3. The minimum absolute atomic E-state index is 0.00932. The molecular weight excluding hydrogens is 678 g/mol. The number of hydrogen-bond acceptors (Lipinski definition) is 12. The Labute approximate surface area is 304 Å². The number of carbonyl (C=O) groups excluding carboxylic acids is 2. The van der Waals surface area contributed by atoms with Gasteiger partial charge in [-0.3, -0.25) is 9.59 Å². The molecule has 2 amide bonds. The molecule has 0 fully saturated rings. The number of nitrogen functional groups attached to an aromatic ring is 1. The van der Waals surface area contributed by atoms with E-state index in [4.69, 9.17) is 43.6 Å². The summed E-state index contributed by atoms with van der Waals surface area (Å²) in [5.41, 5.74) is 6.82. The van der Waals surface area contributed by atoms with Crippen LogP contribution in [0, 0.1) is 0 Å². The van der Waals surface area contributed by atoms with Crippen molar-refractivity contribution < 1.29 is 57.4 Å². The maximum atomic E-state index is 13.8. The van der Waals surface area contributed by atoms with Gasteiger partial charge in [0.15, 0.2) is 0 Å². The Kier molecular flexibility index (Phi) is 20.2. The molecule has 15 nitrogen and oxygen atoms in total. The molecule has 3 aromatic carbocycles. The van der Waals surface area contributed by atoms with Crippen LogP contribution in [0.4, 0.5) is 11.4 Å². The van der Waals surface area contributed by atoms with Crippen LogP contribution in [0.25, 0.3) is 10.8 Å². The molecule has 0 aliphatic carbocycles. The van der Waals surface area contributed by atoms with Crippen LogP contribution in [0.3, 0.4) is 0 Å². The average Bonchev–Trinajstić information content (AvgIpc) is 3.14. The third kappa shape index (κ3) is 16.0. The van der Waals surface area contributed by atoms with E-state index >= 15 is 0 Å². The standard InChI is InChI=1S/C37H51N3O12/c1-45-11-13-49-19-21-51-17-15-47-9-7-40(8-10-48-16-18-52-22-20-50-14-12-46-2)36(42)31-23-30(24-32(25-31)37(43)44)35(41)39-34-6-4-28-3-5-33(38)26-29(28)27-34/h3-6,23-27H,7-22,38H2,1-2H3,(H,39,41)(H,43,44). The molecule has 4 N–H and O–H groups in total. The molecular formula is C37H51N3O12. The van der Waals surface area contributed by atoms with Gasteiger partial charge in [-0.15, -0.1) is 0 Å². The van der Waals surface area contributed by atoms with Crippen molar-refractivity contribution in [2.45, 2.75) is 0 Å². The van der Waals surface area contributed by atoms with Crippen molar-refractivity contribution in [2.24, 2.45) is 0 Å². The van der Waals surface area contributed by atoms with Gasteiger partial charge >= 0.3 is 5.97 Å². The second-order valence-electron chi connectivity index (χ2n) is 11.3. The Morgan fingerprint density at radius 1 is 0.577 bits per heavy atom. The predicted molar refractivity (Wildman–Crippen MR) is 194 cm³/mol. The monoisotopic (exact) mass is 729 g/mol. The molecule has 0 saturated carbocycles. The van der Waals surface area contributed by atoms with Gasteiger partial charge in [-0.1, -0.05) is 12.1 Å². The number of hydrogen-bond donors (Lipinski definition) is 3. The summed E-state index contributed by atoms with van der Waals surface area (Å²) in [4.78, 5) is 40.8. The van der Waals surface area contributed by atoms with E-state index in [2.05, 4.69) is 5.32 Å². The number of fused-ring (bicyclic) bond motifs is 1. The van der Waals surface area contributed by atoms with Crippen LogP contribution in [0.1, 0.15) is 31.1 Å². The Morgan fingerprint density at radius 3 is 1.56 bits per heavy atom. The molecule has 0 radical (unpaired) electrons. The number of carboxylic acids is 1. The Hall–Kier alpha value is -4.19. The highest BCUT2D eigenvalue weighted by Gasteiger charge is 2.21. The summed E-state index contributed by atoms with van der Waals surface area (Å²) in [7, 11) is 3.21. The third-order valence-electron chi connectivity index (χ3n) is 7.46. The lowest BCUT2D eigenvalue weighted by molar-refractivity contribution is -0.00408. The van der Waals surface area contributed by atoms with Gasteiger partial charge in [0.05, 0.1) is 98.1 Å². The van der Waals surface area contributed by atoms with Crippen LogP contribution in [0.2, 0.25) is 0 Å². The fourth-order valence-electron chi connectivity index (χ4n) is 4.77. The molecule has 0 aliphatic heterocycles. The van der Waals surface area contributed by atoms with Crippen molar-refractivity contribution in [1.82, 2.24) is 4.90 Å². The fourth-order valence-corrected chi connectivity index (χ4v) is 4.77. The van der Waals surface area contributed by atoms with Crippen molar-refractivity contribution in [3.63, 3.8) is 0 Å². The van der Waals surface area contributed by atoms with Gasteiger partial charge in [-0.05, 0) is 53.2 Å². The minimum Gasteiger partial charge on any atom is -0.478 e. The molecule has 0 aromatic heterocycles. The number of ether oxygens (including phenoxy) is 8. The normalized spacial score (nSPS) is 11.2. The van der Waals surface area contributed by atoms with Gasteiger partial charge in [0.1, 0.15) is 0 Å². The summed E-state index contributed by atoms with van der Waals surface area (Å²) in [6, 6.07) is 14.6. The zero-order valence-electron chi connectivity index (χ0n) is 30.0. The zero-order valence-corrected chi connectivity index (χ0v) is 30.0. The number of nitrogens with two attached hydrogens (primary N) is 1. The van der Waals surface area contributed by atoms with E-state index in [1.807, 2.05) is 12.1 Å². The minimum atomic E-state index is -1.28. The van der Waals surface area contributed by atoms with E-state index < -0.39 is 17.8 Å². The molecule has 3 rings (SSSR count). The Morgan fingerprint density at radius 2 is 1.04 bits per heavy atom. The third-order valence-corrected chi connectivity index (χ3v) is 7.46. The summed E-state index contributed by atoms with van der Waals surface area (Å²) in [5, 5.41) is 14.4. The van der Waals surface area contributed by atoms with Crippen molar-refractivity contribution in [1.29, 1.82) is 0 Å². The van der Waals surface area contributed by atoms with Crippen LogP contribution in [0.5, 0.6) is 0 Å². The van der Waals surface area contributed by atoms with Crippen LogP contribution >= 0.6 is 0 Å². The van der Waals surface area contributed by atoms with Crippen molar-refractivity contribution in [2.75, 3.05) is 131 Å². The molecule has 0 heterocycles. The lowest BCUT2D eigenvalue weighted by atomic mass is 10.0. The summed E-state index contributed by atoms with van der Waals surface area (Å²) in [5.74, 6) is -2.34. The van der Waals surface area contributed by atoms with E-state index in [-0.39, 0.29) is 43.0 Å². The molecule has 286 valence electrons. The first-order chi connectivity index (χ1) is 25.3. The Bertz CT molecular complexity index is 1500. The van der Waals surface area contributed by atoms with Gasteiger partial charge in [0, 0.05) is 49.8 Å².